The zero-order valence-corrected chi connectivity index (χ0v) is 20.1. The molecular formula is C24H28BrNO3S. The van der Waals surface area contributed by atoms with Crippen LogP contribution in [0.1, 0.15) is 25.6 Å². The Morgan fingerprint density at radius 2 is 2.00 bits per heavy atom. The highest BCUT2D eigenvalue weighted by atomic mass is 79.9. The van der Waals surface area contributed by atoms with Gasteiger partial charge in [-0.3, -0.25) is 9.59 Å². The van der Waals surface area contributed by atoms with Gasteiger partial charge in [0, 0.05) is 16.7 Å². The summed E-state index contributed by atoms with van der Waals surface area (Å²) < 4.78 is 5.36. The highest BCUT2D eigenvalue weighted by Crippen LogP contribution is 2.15. The Morgan fingerprint density at radius 1 is 1.23 bits per heavy atom. The van der Waals surface area contributed by atoms with Gasteiger partial charge in [0.2, 0.25) is 5.91 Å². The van der Waals surface area contributed by atoms with Gasteiger partial charge in [0.25, 0.3) is 0 Å². The number of alkyl halides is 1. The molecule has 0 saturated heterocycles. The number of carbonyl (C=O) groups excluding carboxylic acids is 2. The van der Waals surface area contributed by atoms with Crippen LogP contribution in [-0.2, 0) is 20.7 Å². The molecule has 1 aromatic heterocycles. The summed E-state index contributed by atoms with van der Waals surface area (Å²) in [4.78, 5) is 25.3. The van der Waals surface area contributed by atoms with Crippen LogP contribution in [-0.4, -0.2) is 23.6 Å². The summed E-state index contributed by atoms with van der Waals surface area (Å²) in [6, 6.07) is 3.85. The topological polar surface area (TPSA) is 55.4 Å². The SMILES string of the molecule is CC.COC(/C=C/C(=O)C1=CC(Br)C=CC=C1)=C(C)/C=C/NC(=O)Cc1cccs1. The standard InChI is InChI=1S/C22H22BrNO3S.C2H6/c1-16(11-12-24-22(26)15-19-8-5-13-28-19)21(27-2)10-9-20(25)17-6-3-4-7-18(23)14-17;1-2/h3-14,18H,15H2,1-2H3,(H,24,26);1-2H3/b10-9+,12-11+,21-16+;. The van der Waals surface area contributed by atoms with E-state index in [2.05, 4.69) is 21.2 Å². The highest BCUT2D eigenvalue weighted by Gasteiger charge is 2.07. The predicted molar refractivity (Wildman–Crippen MR) is 130 cm³/mol. The minimum atomic E-state index is -0.111. The van der Waals surface area contributed by atoms with Gasteiger partial charge < -0.3 is 10.1 Å². The lowest BCUT2D eigenvalue weighted by molar-refractivity contribution is -0.119. The number of ketones is 1. The second kappa shape index (κ2) is 14.5. The van der Waals surface area contributed by atoms with Crippen LogP contribution >= 0.6 is 27.3 Å². The number of ether oxygens (including phenoxy) is 1. The van der Waals surface area contributed by atoms with Gasteiger partial charge in [0.1, 0.15) is 5.76 Å². The van der Waals surface area contributed by atoms with Crippen molar-refractivity contribution in [2.24, 2.45) is 0 Å². The van der Waals surface area contributed by atoms with Gasteiger partial charge in [-0.05, 0) is 42.2 Å². The lowest BCUT2D eigenvalue weighted by atomic mass is 10.1. The number of allylic oxidation sites excluding steroid dienone is 10. The lowest BCUT2D eigenvalue weighted by Gasteiger charge is -2.04. The van der Waals surface area contributed by atoms with E-state index in [0.717, 1.165) is 10.5 Å². The number of carbonyl (C=O) groups is 2. The van der Waals surface area contributed by atoms with E-state index >= 15 is 0 Å². The third-order valence-corrected chi connectivity index (χ3v) is 5.24. The average Bonchev–Trinajstić information content (AvgIpc) is 3.15. The normalized spacial score (nSPS) is 16.4. The van der Waals surface area contributed by atoms with Gasteiger partial charge in [-0.15, -0.1) is 11.3 Å². The summed E-state index contributed by atoms with van der Waals surface area (Å²) in [6.07, 6.45) is 16.1. The Kier molecular flexibility index (Phi) is 12.4. The molecule has 160 valence electrons. The third kappa shape index (κ3) is 9.37. The number of amides is 1. The first-order valence-electron chi connectivity index (χ1n) is 9.66. The molecule has 4 nitrogen and oxygen atoms in total. The van der Waals surface area contributed by atoms with E-state index in [-0.39, 0.29) is 16.5 Å². The van der Waals surface area contributed by atoms with Crippen LogP contribution in [0.5, 0.6) is 0 Å². The van der Waals surface area contributed by atoms with E-state index in [1.165, 1.54) is 6.08 Å². The Hall–Kier alpha value is -2.44. The molecule has 0 bridgehead atoms. The molecule has 0 aliphatic heterocycles. The first-order chi connectivity index (χ1) is 14.5. The van der Waals surface area contributed by atoms with E-state index in [4.69, 9.17) is 4.74 Å². The van der Waals surface area contributed by atoms with Gasteiger partial charge >= 0.3 is 0 Å². The number of hydrogen-bond donors (Lipinski definition) is 1. The number of rotatable bonds is 8. The Labute approximate surface area is 191 Å². The molecule has 0 fully saturated rings. The van der Waals surface area contributed by atoms with Crippen molar-refractivity contribution >= 4 is 39.0 Å². The summed E-state index contributed by atoms with van der Waals surface area (Å²) >= 11 is 5.02. The molecule has 30 heavy (non-hydrogen) atoms. The van der Waals surface area contributed by atoms with Crippen molar-refractivity contribution in [1.82, 2.24) is 5.32 Å². The van der Waals surface area contributed by atoms with Gasteiger partial charge in [-0.25, -0.2) is 0 Å². The number of nitrogens with one attached hydrogen (secondary N) is 1. The molecule has 1 atom stereocenters. The van der Waals surface area contributed by atoms with Gasteiger partial charge in [-0.2, -0.15) is 0 Å². The Bertz CT molecular complexity index is 874. The van der Waals surface area contributed by atoms with Gasteiger partial charge in [0.05, 0.1) is 18.4 Å². The second-order valence-corrected chi connectivity index (χ2v) is 8.01. The number of methoxy groups -OCH3 is 1. The van der Waals surface area contributed by atoms with Crippen molar-refractivity contribution in [3.05, 3.63) is 94.1 Å². The maximum atomic E-state index is 12.4. The fourth-order valence-electron chi connectivity index (χ4n) is 2.35. The smallest absolute Gasteiger partial charge is 0.229 e. The van der Waals surface area contributed by atoms with Crippen molar-refractivity contribution in [1.29, 1.82) is 0 Å². The van der Waals surface area contributed by atoms with E-state index < -0.39 is 0 Å². The van der Waals surface area contributed by atoms with Crippen LogP contribution in [0.3, 0.4) is 0 Å². The molecule has 0 saturated carbocycles. The molecule has 1 aromatic rings. The summed E-state index contributed by atoms with van der Waals surface area (Å²) in [5.41, 5.74) is 1.39. The van der Waals surface area contributed by atoms with Crippen molar-refractivity contribution < 1.29 is 14.3 Å². The van der Waals surface area contributed by atoms with Crippen LogP contribution in [0.15, 0.2) is 89.2 Å². The number of thiophene rings is 1. The van der Waals surface area contributed by atoms with Gasteiger partial charge in [0.15, 0.2) is 5.78 Å². The van der Waals surface area contributed by atoms with Gasteiger partial charge in [-0.1, -0.05) is 66.2 Å². The maximum absolute atomic E-state index is 12.4. The lowest BCUT2D eigenvalue weighted by Crippen LogP contribution is -2.18. The molecule has 6 heteroatoms. The summed E-state index contributed by atoms with van der Waals surface area (Å²) in [7, 11) is 1.54. The molecule has 1 N–H and O–H groups in total. The monoisotopic (exact) mass is 489 g/mol. The van der Waals surface area contributed by atoms with Crippen molar-refractivity contribution in [3.63, 3.8) is 0 Å². The maximum Gasteiger partial charge on any atom is 0.229 e. The van der Waals surface area contributed by atoms with Crippen LogP contribution in [0.25, 0.3) is 0 Å². The van der Waals surface area contributed by atoms with Crippen LogP contribution in [0.4, 0.5) is 0 Å². The van der Waals surface area contributed by atoms with Crippen molar-refractivity contribution in [2.75, 3.05) is 7.11 Å². The van der Waals surface area contributed by atoms with Crippen LogP contribution < -0.4 is 5.32 Å². The zero-order valence-electron chi connectivity index (χ0n) is 17.7. The Morgan fingerprint density at radius 3 is 2.67 bits per heavy atom. The molecule has 1 aliphatic carbocycles. The summed E-state index contributed by atoms with van der Waals surface area (Å²) in [5.74, 6) is 0.352. The molecule has 0 aromatic carbocycles. The van der Waals surface area contributed by atoms with Crippen LogP contribution in [0, 0.1) is 0 Å². The molecule has 1 aliphatic rings. The van der Waals surface area contributed by atoms with E-state index in [0.29, 0.717) is 17.8 Å². The minimum Gasteiger partial charge on any atom is -0.496 e. The molecular weight excluding hydrogens is 462 g/mol. The number of halogens is 1. The number of hydrogen-bond acceptors (Lipinski definition) is 4. The summed E-state index contributed by atoms with van der Waals surface area (Å²) in [6.45, 7) is 5.85. The fraction of sp³-hybridized carbons (Fsp3) is 0.250. The third-order valence-electron chi connectivity index (χ3n) is 3.79. The quantitative estimate of drug-likeness (QED) is 0.217. The van der Waals surface area contributed by atoms with E-state index in [9.17, 15) is 9.59 Å². The molecule has 0 spiro atoms. The fourth-order valence-corrected chi connectivity index (χ4v) is 3.51. The molecule has 1 unspecified atom stereocenters. The predicted octanol–water partition coefficient (Wildman–Crippen LogP) is 5.81. The van der Waals surface area contributed by atoms with Crippen molar-refractivity contribution in [2.45, 2.75) is 32.0 Å². The van der Waals surface area contributed by atoms with Crippen molar-refractivity contribution in [3.8, 4) is 0 Å². The summed E-state index contributed by atoms with van der Waals surface area (Å²) in [5, 5.41) is 4.68. The average molecular weight is 490 g/mol. The second-order valence-electron chi connectivity index (χ2n) is 5.92. The first-order valence-corrected chi connectivity index (χ1v) is 11.5. The van der Waals surface area contributed by atoms with Crippen LogP contribution in [0.2, 0.25) is 0 Å². The minimum absolute atomic E-state index is 0.0229. The highest BCUT2D eigenvalue weighted by molar-refractivity contribution is 9.09. The zero-order chi connectivity index (χ0) is 22.4. The Balaban J connectivity index is 0.00000218. The molecule has 2 rings (SSSR count). The first kappa shape index (κ1) is 25.6. The molecule has 1 amide bonds. The largest absolute Gasteiger partial charge is 0.496 e. The van der Waals surface area contributed by atoms with E-state index in [1.807, 2.05) is 62.6 Å². The van der Waals surface area contributed by atoms with E-state index in [1.54, 1.807) is 42.9 Å². The molecule has 1 heterocycles. The molecule has 0 radical (unpaired) electrons.